The number of carboxylic acids is 2. The summed E-state index contributed by atoms with van der Waals surface area (Å²) < 4.78 is 0. The summed E-state index contributed by atoms with van der Waals surface area (Å²) in [6.45, 7) is 7.23. The van der Waals surface area contributed by atoms with E-state index in [1.807, 2.05) is 13.8 Å². The molecule has 8 nitrogen and oxygen atoms in total. The van der Waals surface area contributed by atoms with E-state index in [-0.39, 0.29) is 34.8 Å². The summed E-state index contributed by atoms with van der Waals surface area (Å²) in [6.07, 6.45) is 4.65. The van der Waals surface area contributed by atoms with Gasteiger partial charge in [0.05, 0.1) is 0 Å². The average molecular weight is 443 g/mol. The molecular formula is C21H34N2O6S. The van der Waals surface area contributed by atoms with Gasteiger partial charge < -0.3 is 20.8 Å². The van der Waals surface area contributed by atoms with Crippen molar-refractivity contribution in [2.24, 2.45) is 11.3 Å². The average Bonchev–Trinajstić information content (AvgIpc) is 3.26. The van der Waals surface area contributed by atoms with Crippen LogP contribution in [-0.2, 0) is 19.2 Å². The Bertz CT molecular complexity index is 676. The zero-order chi connectivity index (χ0) is 22.9. The molecule has 0 aromatic carbocycles. The molecule has 0 aromatic heterocycles. The van der Waals surface area contributed by atoms with Gasteiger partial charge in [-0.05, 0) is 50.7 Å². The van der Waals surface area contributed by atoms with Crippen LogP contribution in [-0.4, -0.2) is 57.4 Å². The Kier molecular flexibility index (Phi) is 10.6. The van der Waals surface area contributed by atoms with Crippen molar-refractivity contribution >= 4 is 35.4 Å². The summed E-state index contributed by atoms with van der Waals surface area (Å²) in [6, 6.07) is -0.912. The van der Waals surface area contributed by atoms with Crippen LogP contribution in [0.25, 0.3) is 0 Å². The fourth-order valence-corrected chi connectivity index (χ4v) is 4.20. The first-order chi connectivity index (χ1) is 13.9. The first-order valence-corrected chi connectivity index (χ1v) is 11.4. The fraction of sp³-hybridized carbons (Fsp3) is 0.714. The first kappa shape index (κ1) is 26.2. The van der Waals surface area contributed by atoms with Gasteiger partial charge in [-0.2, -0.15) is 11.8 Å². The van der Waals surface area contributed by atoms with Crippen LogP contribution in [0.3, 0.4) is 0 Å². The number of carboxylic acid groups (broad SMARTS) is 2. The summed E-state index contributed by atoms with van der Waals surface area (Å²) in [5.41, 5.74) is -0.137. The van der Waals surface area contributed by atoms with Crippen molar-refractivity contribution in [1.29, 1.82) is 0 Å². The number of allylic oxidation sites excluding steroid dienone is 1. The zero-order valence-corrected chi connectivity index (χ0v) is 19.0. The van der Waals surface area contributed by atoms with Gasteiger partial charge in [0.2, 0.25) is 5.91 Å². The van der Waals surface area contributed by atoms with Gasteiger partial charge in [0, 0.05) is 24.1 Å². The van der Waals surface area contributed by atoms with E-state index in [0.717, 1.165) is 25.0 Å². The molecule has 9 heteroatoms. The van der Waals surface area contributed by atoms with E-state index in [0.29, 0.717) is 18.6 Å². The lowest BCUT2D eigenvalue weighted by Crippen LogP contribution is -2.44. The molecule has 0 radical (unpaired) electrons. The molecule has 0 spiro atoms. The number of nitrogens with one attached hydrogen (secondary N) is 2. The van der Waals surface area contributed by atoms with Crippen molar-refractivity contribution in [1.82, 2.24) is 10.6 Å². The molecule has 170 valence electrons. The normalized spacial score (nSPS) is 19.6. The molecule has 0 aliphatic heterocycles. The molecule has 4 N–H and O–H groups in total. The number of hydrogen-bond acceptors (Lipinski definition) is 6. The monoisotopic (exact) mass is 442 g/mol. The maximum Gasteiger partial charge on any atom is 0.352 e. The van der Waals surface area contributed by atoms with Crippen LogP contribution < -0.4 is 10.6 Å². The van der Waals surface area contributed by atoms with Gasteiger partial charge in [0.1, 0.15) is 17.5 Å². The summed E-state index contributed by atoms with van der Waals surface area (Å²) in [7, 11) is 0. The van der Waals surface area contributed by atoms with Gasteiger partial charge in [-0.25, -0.2) is 4.79 Å². The van der Waals surface area contributed by atoms with Crippen LogP contribution in [0.1, 0.15) is 59.8 Å². The van der Waals surface area contributed by atoms with E-state index in [1.165, 1.54) is 24.8 Å². The van der Waals surface area contributed by atoms with Crippen LogP contribution in [0.2, 0.25) is 0 Å². The third-order valence-corrected chi connectivity index (χ3v) is 6.22. The number of Topliss-reactive ketones (excluding diaryl/α,β-unsaturated/α-hetero) is 1. The second-order valence-electron chi connectivity index (χ2n) is 8.59. The molecule has 1 aliphatic rings. The predicted molar refractivity (Wildman–Crippen MR) is 116 cm³/mol. The van der Waals surface area contributed by atoms with E-state index in [4.69, 9.17) is 0 Å². The third kappa shape index (κ3) is 9.75. The third-order valence-electron chi connectivity index (χ3n) is 5.07. The highest BCUT2D eigenvalue weighted by atomic mass is 32.2. The largest absolute Gasteiger partial charge is 0.480 e. The van der Waals surface area contributed by atoms with Gasteiger partial charge in [-0.15, -0.1) is 0 Å². The molecule has 1 saturated carbocycles. The van der Waals surface area contributed by atoms with Crippen molar-refractivity contribution in [3.8, 4) is 0 Å². The number of thioether (sulfide) groups is 1. The second kappa shape index (κ2) is 12.1. The standard InChI is InChI=1S/C21H34N2O6S/c1-13(10-14(2)24)22-17(20(28)29)12-30-9-7-5-6-8-16(19(26)27)23-18(25)15-11-21(15,3)4/h8,13,15,17,22H,5-7,9-12H2,1-4H3,(H,23,25)(H,26,27)(H,28,29)/b16-8-/t13?,15-,17+/m1/s1. The lowest BCUT2D eigenvalue weighted by Gasteiger charge is -2.19. The van der Waals surface area contributed by atoms with Crippen molar-refractivity contribution in [3.05, 3.63) is 11.8 Å². The van der Waals surface area contributed by atoms with Crippen molar-refractivity contribution < 1.29 is 29.4 Å². The van der Waals surface area contributed by atoms with E-state index in [1.54, 1.807) is 6.92 Å². The number of hydrogen-bond donors (Lipinski definition) is 4. The van der Waals surface area contributed by atoms with Crippen LogP contribution >= 0.6 is 11.8 Å². The molecule has 0 aromatic rings. The highest BCUT2D eigenvalue weighted by Gasteiger charge is 2.50. The van der Waals surface area contributed by atoms with Crippen LogP contribution in [0.4, 0.5) is 0 Å². The Morgan fingerprint density at radius 3 is 2.33 bits per heavy atom. The SMILES string of the molecule is CC(=O)CC(C)N[C@@H](CSCCCC/C=C(\NC(=O)[C@H]1CC1(C)C)C(=O)O)C(=O)O. The number of carbonyl (C=O) groups is 4. The van der Waals surface area contributed by atoms with Crippen LogP contribution in [0.5, 0.6) is 0 Å². The molecule has 0 bridgehead atoms. The molecule has 1 unspecified atom stereocenters. The van der Waals surface area contributed by atoms with E-state index < -0.39 is 18.0 Å². The minimum atomic E-state index is -1.15. The Morgan fingerprint density at radius 2 is 1.83 bits per heavy atom. The molecule has 1 rings (SSSR count). The molecule has 1 amide bonds. The highest BCUT2D eigenvalue weighted by Crippen LogP contribution is 2.51. The van der Waals surface area contributed by atoms with Gasteiger partial charge >= 0.3 is 11.9 Å². The second-order valence-corrected chi connectivity index (χ2v) is 9.74. The quantitative estimate of drug-likeness (QED) is 0.224. The summed E-state index contributed by atoms with van der Waals surface area (Å²) in [5, 5.41) is 24.0. The minimum absolute atomic E-state index is 0.0117. The molecule has 0 heterocycles. The molecule has 3 atom stereocenters. The predicted octanol–water partition coefficient (Wildman–Crippen LogP) is 2.43. The number of carbonyl (C=O) groups excluding carboxylic acids is 2. The smallest absolute Gasteiger partial charge is 0.352 e. The van der Waals surface area contributed by atoms with Crippen molar-refractivity contribution in [3.63, 3.8) is 0 Å². The number of amides is 1. The Hall–Kier alpha value is -1.87. The fourth-order valence-electron chi connectivity index (χ4n) is 3.15. The van der Waals surface area contributed by atoms with Gasteiger partial charge in [0.15, 0.2) is 0 Å². The summed E-state index contributed by atoms with van der Waals surface area (Å²) in [4.78, 5) is 45.9. The van der Waals surface area contributed by atoms with E-state index in [2.05, 4.69) is 10.6 Å². The lowest BCUT2D eigenvalue weighted by atomic mass is 10.1. The molecule has 30 heavy (non-hydrogen) atoms. The van der Waals surface area contributed by atoms with Crippen LogP contribution in [0, 0.1) is 11.3 Å². The van der Waals surface area contributed by atoms with Crippen molar-refractivity contribution in [2.75, 3.05) is 11.5 Å². The number of ketones is 1. The lowest BCUT2D eigenvalue weighted by molar-refractivity contribution is -0.139. The first-order valence-electron chi connectivity index (χ1n) is 10.2. The maximum atomic E-state index is 12.1. The number of rotatable bonds is 15. The maximum absolute atomic E-state index is 12.1. The van der Waals surface area contributed by atoms with E-state index >= 15 is 0 Å². The summed E-state index contributed by atoms with van der Waals surface area (Å²) >= 11 is 1.50. The van der Waals surface area contributed by atoms with Gasteiger partial charge in [-0.1, -0.05) is 19.9 Å². The molecule has 0 saturated heterocycles. The number of aliphatic carboxylic acids is 2. The topological polar surface area (TPSA) is 133 Å². The van der Waals surface area contributed by atoms with Crippen molar-refractivity contribution in [2.45, 2.75) is 71.9 Å². The minimum Gasteiger partial charge on any atom is -0.480 e. The summed E-state index contributed by atoms with van der Waals surface area (Å²) in [5.74, 6) is -1.32. The van der Waals surface area contributed by atoms with Crippen LogP contribution in [0.15, 0.2) is 11.8 Å². The van der Waals surface area contributed by atoms with E-state index in [9.17, 15) is 29.4 Å². The molecular weight excluding hydrogens is 408 g/mol. The van der Waals surface area contributed by atoms with Gasteiger partial charge in [-0.3, -0.25) is 14.4 Å². The molecule has 1 aliphatic carbocycles. The Morgan fingerprint density at radius 1 is 1.20 bits per heavy atom. The molecule has 1 fully saturated rings. The highest BCUT2D eigenvalue weighted by molar-refractivity contribution is 7.99. The zero-order valence-electron chi connectivity index (χ0n) is 18.2. The Balaban J connectivity index is 2.30. The number of unbranched alkanes of at least 4 members (excludes halogenated alkanes) is 2. The van der Waals surface area contributed by atoms with Gasteiger partial charge in [0.25, 0.3) is 0 Å². The Labute approximate surface area is 182 Å².